The van der Waals surface area contributed by atoms with Crippen LogP contribution in [0.1, 0.15) is 19.8 Å². The molecule has 0 bridgehead atoms. The molecule has 0 aliphatic rings. The molecule has 7 heteroatoms. The smallest absolute Gasteiger partial charge is 0.411 e. The fourth-order valence-electron chi connectivity index (χ4n) is 1.50. The van der Waals surface area contributed by atoms with Crippen LogP contribution in [0.25, 0.3) is 0 Å². The summed E-state index contributed by atoms with van der Waals surface area (Å²) in [4.78, 5) is 11.4. The molecule has 0 aliphatic heterocycles. The van der Waals surface area contributed by atoms with Gasteiger partial charge in [0.1, 0.15) is 18.2 Å². The van der Waals surface area contributed by atoms with E-state index in [1.54, 1.807) is 0 Å². The Morgan fingerprint density at radius 1 is 1.50 bits per heavy atom. The van der Waals surface area contributed by atoms with E-state index in [1.807, 2.05) is 6.92 Å². The van der Waals surface area contributed by atoms with Gasteiger partial charge in [-0.25, -0.2) is 13.6 Å². The van der Waals surface area contributed by atoms with Gasteiger partial charge in [0, 0.05) is 12.1 Å². The lowest BCUT2D eigenvalue weighted by Crippen LogP contribution is -2.32. The van der Waals surface area contributed by atoms with Crippen LogP contribution in [0.3, 0.4) is 0 Å². The summed E-state index contributed by atoms with van der Waals surface area (Å²) in [5, 5.41) is 11.5. The third-order valence-electron chi connectivity index (χ3n) is 2.64. The number of hydrogen-bond acceptors (Lipinski definition) is 4. The molecule has 0 saturated heterocycles. The van der Waals surface area contributed by atoms with Crippen LogP contribution in [-0.4, -0.2) is 30.0 Å². The molecule has 0 spiro atoms. The Hall–Kier alpha value is -1.73. The van der Waals surface area contributed by atoms with E-state index in [-0.39, 0.29) is 12.3 Å². The fourth-order valence-corrected chi connectivity index (χ4v) is 1.50. The SMILES string of the molecule is CCC(O)CC(N)COC(=O)Nc1ccc(F)cc1F. The Bertz CT molecular complexity index is 457. The topological polar surface area (TPSA) is 84.6 Å². The number of ether oxygens (including phenoxy) is 1. The largest absolute Gasteiger partial charge is 0.448 e. The van der Waals surface area contributed by atoms with Gasteiger partial charge in [-0.15, -0.1) is 0 Å². The van der Waals surface area contributed by atoms with Gasteiger partial charge >= 0.3 is 6.09 Å². The lowest BCUT2D eigenvalue weighted by Gasteiger charge is -2.15. The van der Waals surface area contributed by atoms with Crippen molar-refractivity contribution in [2.75, 3.05) is 11.9 Å². The van der Waals surface area contributed by atoms with E-state index >= 15 is 0 Å². The molecule has 0 fully saturated rings. The van der Waals surface area contributed by atoms with E-state index in [9.17, 15) is 18.7 Å². The number of amides is 1. The highest BCUT2D eigenvalue weighted by atomic mass is 19.1. The molecule has 0 heterocycles. The van der Waals surface area contributed by atoms with Gasteiger partial charge in [0.15, 0.2) is 0 Å². The second-order valence-electron chi connectivity index (χ2n) is 4.41. The third kappa shape index (κ3) is 5.50. The first-order valence-corrected chi connectivity index (χ1v) is 6.24. The molecule has 4 N–H and O–H groups in total. The van der Waals surface area contributed by atoms with Crippen LogP contribution in [0.15, 0.2) is 18.2 Å². The Labute approximate surface area is 115 Å². The van der Waals surface area contributed by atoms with Crippen molar-refractivity contribution in [1.82, 2.24) is 0 Å². The second kappa shape index (κ2) is 7.76. The molecule has 2 unspecified atom stereocenters. The lowest BCUT2D eigenvalue weighted by atomic mass is 10.1. The zero-order valence-corrected chi connectivity index (χ0v) is 11.1. The zero-order valence-electron chi connectivity index (χ0n) is 11.1. The average molecular weight is 288 g/mol. The van der Waals surface area contributed by atoms with Crippen molar-refractivity contribution in [3.05, 3.63) is 29.8 Å². The number of benzene rings is 1. The maximum atomic E-state index is 13.3. The van der Waals surface area contributed by atoms with E-state index in [2.05, 4.69) is 5.32 Å². The number of aliphatic hydroxyl groups excluding tert-OH is 1. The van der Waals surface area contributed by atoms with Crippen molar-refractivity contribution in [1.29, 1.82) is 0 Å². The van der Waals surface area contributed by atoms with Gasteiger partial charge in [-0.1, -0.05) is 6.92 Å². The monoisotopic (exact) mass is 288 g/mol. The Morgan fingerprint density at radius 2 is 2.20 bits per heavy atom. The van der Waals surface area contributed by atoms with E-state index in [1.165, 1.54) is 0 Å². The van der Waals surface area contributed by atoms with Crippen molar-refractivity contribution in [3.8, 4) is 0 Å². The van der Waals surface area contributed by atoms with Crippen molar-refractivity contribution in [2.45, 2.75) is 31.9 Å². The van der Waals surface area contributed by atoms with Crippen molar-refractivity contribution in [3.63, 3.8) is 0 Å². The Kier molecular flexibility index (Phi) is 6.33. The number of hydrogen-bond donors (Lipinski definition) is 3. The predicted octanol–water partition coefficient (Wildman–Crippen LogP) is 2.00. The highest BCUT2D eigenvalue weighted by Gasteiger charge is 2.13. The zero-order chi connectivity index (χ0) is 15.1. The molecule has 0 aliphatic carbocycles. The molecule has 0 aromatic heterocycles. The van der Waals surface area contributed by atoms with Gasteiger partial charge in [-0.05, 0) is 25.0 Å². The molecule has 0 saturated carbocycles. The molecule has 20 heavy (non-hydrogen) atoms. The first kappa shape index (κ1) is 16.3. The predicted molar refractivity (Wildman–Crippen MR) is 70.2 cm³/mol. The van der Waals surface area contributed by atoms with Crippen LogP contribution in [-0.2, 0) is 4.74 Å². The molecule has 1 rings (SSSR count). The van der Waals surface area contributed by atoms with E-state index in [0.29, 0.717) is 18.9 Å². The molecular formula is C13H18F2N2O3. The quantitative estimate of drug-likeness (QED) is 0.747. The first-order chi connectivity index (χ1) is 9.42. The molecule has 0 radical (unpaired) electrons. The lowest BCUT2D eigenvalue weighted by molar-refractivity contribution is 0.119. The normalized spacial score (nSPS) is 13.7. The van der Waals surface area contributed by atoms with Crippen molar-refractivity contribution >= 4 is 11.8 Å². The summed E-state index contributed by atoms with van der Waals surface area (Å²) in [6.07, 6.45) is -0.585. The average Bonchev–Trinajstić information content (AvgIpc) is 2.39. The summed E-state index contributed by atoms with van der Waals surface area (Å²) in [5.74, 6) is -1.63. The molecule has 1 aromatic rings. The van der Waals surface area contributed by atoms with E-state index < -0.39 is 29.9 Å². The van der Waals surface area contributed by atoms with Gasteiger partial charge in [-0.2, -0.15) is 0 Å². The van der Waals surface area contributed by atoms with Crippen LogP contribution >= 0.6 is 0 Å². The van der Waals surface area contributed by atoms with Gasteiger partial charge in [0.2, 0.25) is 0 Å². The van der Waals surface area contributed by atoms with Crippen LogP contribution in [0.4, 0.5) is 19.3 Å². The minimum Gasteiger partial charge on any atom is -0.448 e. The summed E-state index contributed by atoms with van der Waals surface area (Å²) in [5.41, 5.74) is 5.47. The summed E-state index contributed by atoms with van der Waals surface area (Å²) < 4.78 is 30.7. The number of halogens is 2. The molecule has 1 aromatic carbocycles. The van der Waals surface area contributed by atoms with Crippen molar-refractivity contribution < 1.29 is 23.4 Å². The minimum absolute atomic E-state index is 0.105. The number of nitrogens with one attached hydrogen (secondary N) is 1. The molecule has 112 valence electrons. The third-order valence-corrected chi connectivity index (χ3v) is 2.64. The number of anilines is 1. The van der Waals surface area contributed by atoms with Gasteiger partial charge in [-0.3, -0.25) is 5.32 Å². The molecule has 2 atom stereocenters. The fraction of sp³-hybridized carbons (Fsp3) is 0.462. The minimum atomic E-state index is -0.896. The number of carbonyl (C=O) groups is 1. The Morgan fingerprint density at radius 3 is 2.80 bits per heavy atom. The summed E-state index contributed by atoms with van der Waals surface area (Å²) >= 11 is 0. The molecule has 5 nitrogen and oxygen atoms in total. The first-order valence-electron chi connectivity index (χ1n) is 6.24. The standard InChI is InChI=1S/C13H18F2N2O3/c1-2-10(18)6-9(16)7-20-13(19)17-12-4-3-8(14)5-11(12)15/h3-5,9-10,18H,2,6-7,16H2,1H3,(H,17,19). The molecule has 1 amide bonds. The number of nitrogens with two attached hydrogens (primary N) is 1. The van der Waals surface area contributed by atoms with E-state index in [0.717, 1.165) is 12.1 Å². The Balaban J connectivity index is 2.40. The summed E-state index contributed by atoms with van der Waals surface area (Å²) in [6, 6.07) is 2.25. The number of rotatable bonds is 6. The van der Waals surface area contributed by atoms with Gasteiger partial charge in [0.05, 0.1) is 11.8 Å². The number of aliphatic hydroxyl groups is 1. The summed E-state index contributed by atoms with van der Waals surface area (Å²) in [7, 11) is 0. The van der Waals surface area contributed by atoms with Gasteiger partial charge < -0.3 is 15.6 Å². The van der Waals surface area contributed by atoms with Crippen molar-refractivity contribution in [2.24, 2.45) is 5.73 Å². The molecular weight excluding hydrogens is 270 g/mol. The highest BCUT2D eigenvalue weighted by molar-refractivity contribution is 5.84. The van der Waals surface area contributed by atoms with Crippen LogP contribution in [0, 0.1) is 11.6 Å². The van der Waals surface area contributed by atoms with Crippen LogP contribution < -0.4 is 11.1 Å². The van der Waals surface area contributed by atoms with Crippen LogP contribution in [0.5, 0.6) is 0 Å². The maximum Gasteiger partial charge on any atom is 0.411 e. The number of carbonyl (C=O) groups excluding carboxylic acids is 1. The van der Waals surface area contributed by atoms with Gasteiger partial charge in [0.25, 0.3) is 0 Å². The highest BCUT2D eigenvalue weighted by Crippen LogP contribution is 2.15. The summed E-state index contributed by atoms with van der Waals surface area (Å²) in [6.45, 7) is 1.70. The maximum absolute atomic E-state index is 13.3. The van der Waals surface area contributed by atoms with Crippen LogP contribution in [0.2, 0.25) is 0 Å². The second-order valence-corrected chi connectivity index (χ2v) is 4.41. The van der Waals surface area contributed by atoms with E-state index in [4.69, 9.17) is 10.5 Å².